The van der Waals surface area contributed by atoms with Gasteiger partial charge in [0.15, 0.2) is 0 Å². The highest BCUT2D eigenvalue weighted by atomic mass is 32.1. The van der Waals surface area contributed by atoms with Crippen molar-refractivity contribution < 1.29 is 9.50 Å². The highest BCUT2D eigenvalue weighted by Gasteiger charge is 2.14. The maximum absolute atomic E-state index is 12.9. The van der Waals surface area contributed by atoms with Crippen LogP contribution in [0.1, 0.15) is 27.7 Å². The van der Waals surface area contributed by atoms with Crippen LogP contribution in [-0.4, -0.2) is 5.11 Å². The number of thiophene rings is 1. The molecule has 0 spiro atoms. The Hall–Kier alpha value is -1.19. The fourth-order valence-electron chi connectivity index (χ4n) is 1.73. The van der Waals surface area contributed by atoms with Crippen molar-refractivity contribution in [3.63, 3.8) is 0 Å². The average molecular weight is 236 g/mol. The van der Waals surface area contributed by atoms with E-state index in [1.54, 1.807) is 24.3 Å². The number of hydrogen-bond donors (Lipinski definition) is 1. The normalized spacial score (nSPS) is 12.8. The molecule has 16 heavy (non-hydrogen) atoms. The summed E-state index contributed by atoms with van der Waals surface area (Å²) in [7, 11) is 0. The fraction of sp³-hybridized carbons (Fsp3) is 0.231. The van der Waals surface area contributed by atoms with Crippen LogP contribution in [0.25, 0.3) is 0 Å². The highest BCUT2D eigenvalue weighted by Crippen LogP contribution is 2.28. The van der Waals surface area contributed by atoms with Gasteiger partial charge in [0.1, 0.15) is 11.9 Å². The number of hydrogen-bond acceptors (Lipinski definition) is 2. The zero-order valence-electron chi connectivity index (χ0n) is 9.20. The lowest BCUT2D eigenvalue weighted by Gasteiger charge is -2.12. The molecule has 0 saturated heterocycles. The minimum Gasteiger partial charge on any atom is -0.384 e. The van der Waals surface area contributed by atoms with Crippen LogP contribution in [0.4, 0.5) is 4.39 Å². The van der Waals surface area contributed by atoms with Crippen molar-refractivity contribution in [2.45, 2.75) is 20.0 Å². The molecule has 2 aromatic rings. The van der Waals surface area contributed by atoms with E-state index in [2.05, 4.69) is 0 Å². The molecule has 0 saturated carbocycles. The molecule has 1 heterocycles. The van der Waals surface area contributed by atoms with E-state index >= 15 is 0 Å². The lowest BCUT2D eigenvalue weighted by Crippen LogP contribution is -2.01. The van der Waals surface area contributed by atoms with Crippen molar-refractivity contribution >= 4 is 11.3 Å². The summed E-state index contributed by atoms with van der Waals surface area (Å²) in [5.41, 5.74) is 2.41. The summed E-state index contributed by atoms with van der Waals surface area (Å²) in [6.45, 7) is 3.80. The molecule has 1 N–H and O–H groups in total. The molecule has 2 rings (SSSR count). The fourth-order valence-corrected chi connectivity index (χ4v) is 2.46. The third-order valence-corrected chi connectivity index (χ3v) is 3.47. The second-order valence-corrected chi connectivity index (χ2v) is 5.01. The highest BCUT2D eigenvalue weighted by molar-refractivity contribution is 7.10. The largest absolute Gasteiger partial charge is 0.384 e. The van der Waals surface area contributed by atoms with E-state index in [1.807, 2.05) is 18.4 Å². The molecule has 0 amide bonds. The first-order valence-electron chi connectivity index (χ1n) is 5.07. The molecule has 84 valence electrons. The summed E-state index contributed by atoms with van der Waals surface area (Å²) in [4.78, 5) is 1.16. The molecule has 1 unspecified atom stereocenters. The predicted octanol–water partition coefficient (Wildman–Crippen LogP) is 3.59. The Morgan fingerprint density at radius 3 is 2.56 bits per heavy atom. The second kappa shape index (κ2) is 4.36. The van der Waals surface area contributed by atoms with Gasteiger partial charge < -0.3 is 5.11 Å². The SMILES string of the molecule is Cc1cc(C(O)c2ccc(F)cc2C)cs1. The molecule has 0 aliphatic carbocycles. The summed E-state index contributed by atoms with van der Waals surface area (Å²) < 4.78 is 12.9. The maximum atomic E-state index is 12.9. The van der Waals surface area contributed by atoms with Crippen LogP contribution in [0.15, 0.2) is 29.6 Å². The predicted molar refractivity (Wildman–Crippen MR) is 64.3 cm³/mol. The zero-order chi connectivity index (χ0) is 11.7. The monoisotopic (exact) mass is 236 g/mol. The molecule has 0 bridgehead atoms. The summed E-state index contributed by atoms with van der Waals surface area (Å²) in [6, 6.07) is 6.42. The van der Waals surface area contributed by atoms with Gasteiger partial charge in [0.05, 0.1) is 0 Å². The summed E-state index contributed by atoms with van der Waals surface area (Å²) in [5.74, 6) is -0.269. The van der Waals surface area contributed by atoms with Gasteiger partial charge in [-0.1, -0.05) is 6.07 Å². The van der Waals surface area contributed by atoms with Crippen LogP contribution in [0.2, 0.25) is 0 Å². The van der Waals surface area contributed by atoms with E-state index < -0.39 is 6.10 Å². The van der Waals surface area contributed by atoms with E-state index in [4.69, 9.17) is 0 Å². The van der Waals surface area contributed by atoms with Crippen molar-refractivity contribution in [2.24, 2.45) is 0 Å². The third-order valence-electron chi connectivity index (χ3n) is 2.59. The lowest BCUT2D eigenvalue weighted by atomic mass is 9.99. The van der Waals surface area contributed by atoms with Gasteiger partial charge in [0.2, 0.25) is 0 Å². The van der Waals surface area contributed by atoms with Crippen LogP contribution < -0.4 is 0 Å². The van der Waals surface area contributed by atoms with Gasteiger partial charge in [-0.2, -0.15) is 0 Å². The van der Waals surface area contributed by atoms with Crippen molar-refractivity contribution in [1.82, 2.24) is 0 Å². The average Bonchev–Trinajstić information content (AvgIpc) is 2.64. The van der Waals surface area contributed by atoms with E-state index in [0.29, 0.717) is 0 Å². The Balaban J connectivity index is 2.37. The maximum Gasteiger partial charge on any atom is 0.123 e. The second-order valence-electron chi connectivity index (χ2n) is 3.89. The smallest absolute Gasteiger partial charge is 0.123 e. The number of aryl methyl sites for hydroxylation is 2. The standard InChI is InChI=1S/C13H13FOS/c1-8-5-11(14)3-4-12(8)13(15)10-6-9(2)16-7-10/h3-7,13,15H,1-2H3. The minimum absolute atomic E-state index is 0.269. The first-order chi connectivity index (χ1) is 7.58. The van der Waals surface area contributed by atoms with Crippen LogP contribution in [0, 0.1) is 19.7 Å². The molecule has 1 aromatic heterocycles. The number of aliphatic hydroxyl groups is 1. The van der Waals surface area contributed by atoms with Gasteiger partial charge in [-0.3, -0.25) is 0 Å². The number of benzene rings is 1. The summed E-state index contributed by atoms with van der Waals surface area (Å²) in [6.07, 6.45) is -0.662. The van der Waals surface area contributed by atoms with Crippen LogP contribution >= 0.6 is 11.3 Å². The van der Waals surface area contributed by atoms with Crippen LogP contribution in [0.5, 0.6) is 0 Å². The van der Waals surface area contributed by atoms with Crippen LogP contribution in [-0.2, 0) is 0 Å². The van der Waals surface area contributed by atoms with Gasteiger partial charge in [-0.15, -0.1) is 11.3 Å². The van der Waals surface area contributed by atoms with Gasteiger partial charge in [-0.05, 0) is 54.1 Å². The Labute approximate surface area is 98.2 Å². The summed E-state index contributed by atoms with van der Waals surface area (Å²) >= 11 is 1.60. The van der Waals surface area contributed by atoms with Gasteiger partial charge in [-0.25, -0.2) is 4.39 Å². The van der Waals surface area contributed by atoms with E-state index in [1.165, 1.54) is 12.1 Å². The number of aliphatic hydroxyl groups excluding tert-OH is 1. The number of halogens is 1. The zero-order valence-corrected chi connectivity index (χ0v) is 10.0. The molecule has 3 heteroatoms. The van der Waals surface area contributed by atoms with Gasteiger partial charge in [0.25, 0.3) is 0 Å². The minimum atomic E-state index is -0.662. The topological polar surface area (TPSA) is 20.2 Å². The summed E-state index contributed by atoms with van der Waals surface area (Å²) in [5, 5.41) is 12.1. The quantitative estimate of drug-likeness (QED) is 0.845. The molecule has 0 fully saturated rings. The van der Waals surface area contributed by atoms with E-state index in [-0.39, 0.29) is 5.82 Å². The van der Waals surface area contributed by atoms with E-state index in [9.17, 15) is 9.50 Å². The van der Waals surface area contributed by atoms with Crippen molar-refractivity contribution in [3.8, 4) is 0 Å². The molecular formula is C13H13FOS. The van der Waals surface area contributed by atoms with E-state index in [0.717, 1.165) is 21.6 Å². The molecular weight excluding hydrogens is 223 g/mol. The first kappa shape index (κ1) is 11.3. The molecule has 0 radical (unpaired) electrons. The van der Waals surface area contributed by atoms with Gasteiger partial charge >= 0.3 is 0 Å². The molecule has 0 aliphatic heterocycles. The Morgan fingerprint density at radius 1 is 1.25 bits per heavy atom. The molecule has 1 aromatic carbocycles. The van der Waals surface area contributed by atoms with Gasteiger partial charge in [0, 0.05) is 4.88 Å². The number of rotatable bonds is 2. The molecule has 1 atom stereocenters. The molecule has 0 aliphatic rings. The Kier molecular flexibility index (Phi) is 3.08. The first-order valence-corrected chi connectivity index (χ1v) is 5.95. The van der Waals surface area contributed by atoms with Crippen molar-refractivity contribution in [2.75, 3.05) is 0 Å². The molecule has 1 nitrogen and oxygen atoms in total. The third kappa shape index (κ3) is 2.15. The van der Waals surface area contributed by atoms with Crippen molar-refractivity contribution in [3.05, 3.63) is 57.0 Å². The lowest BCUT2D eigenvalue weighted by molar-refractivity contribution is 0.220. The van der Waals surface area contributed by atoms with Crippen LogP contribution in [0.3, 0.4) is 0 Å². The van der Waals surface area contributed by atoms with Crippen molar-refractivity contribution in [1.29, 1.82) is 0 Å². The Bertz CT molecular complexity index is 504. The Morgan fingerprint density at radius 2 is 2.00 bits per heavy atom.